The molecule has 0 saturated carbocycles. The minimum Gasteiger partial charge on any atom is -0.491 e. The van der Waals surface area contributed by atoms with Crippen LogP contribution in [0.5, 0.6) is 5.75 Å². The van der Waals surface area contributed by atoms with Gasteiger partial charge in [-0.05, 0) is 26.3 Å². The summed E-state index contributed by atoms with van der Waals surface area (Å²) in [5.74, 6) is 1.77. The van der Waals surface area contributed by atoms with Crippen LogP contribution in [-0.4, -0.2) is 58.4 Å². The molecule has 0 bridgehead atoms. The second kappa shape index (κ2) is 8.31. The lowest BCUT2D eigenvalue weighted by Gasteiger charge is -2.24. The zero-order chi connectivity index (χ0) is 18.5. The Morgan fingerprint density at radius 2 is 2.23 bits per heavy atom. The number of aromatic amines is 1. The number of H-pyrrole nitrogens is 1. The fourth-order valence-electron chi connectivity index (χ4n) is 3.22. The van der Waals surface area contributed by atoms with Crippen molar-refractivity contribution in [3.8, 4) is 5.75 Å². The molecule has 26 heavy (non-hydrogen) atoms. The molecule has 1 aromatic carbocycles. The first-order chi connectivity index (χ1) is 12.5. The van der Waals surface area contributed by atoms with Gasteiger partial charge in [0.2, 0.25) is 5.91 Å². The molecule has 1 N–H and O–H groups in total. The number of nitrogens with one attached hydrogen (secondary N) is 1. The lowest BCUT2D eigenvalue weighted by Crippen LogP contribution is -2.37. The van der Waals surface area contributed by atoms with Gasteiger partial charge in [-0.1, -0.05) is 18.2 Å². The summed E-state index contributed by atoms with van der Waals surface area (Å²) in [6, 6.07) is 7.69. The number of nitrogens with zero attached hydrogens (tertiary/aromatic N) is 3. The Balaban J connectivity index is 1.62. The van der Waals surface area contributed by atoms with Crippen molar-refractivity contribution < 1.29 is 14.3 Å². The van der Waals surface area contributed by atoms with Crippen LogP contribution in [0.15, 0.2) is 30.6 Å². The molecule has 2 heterocycles. The van der Waals surface area contributed by atoms with Crippen LogP contribution >= 0.6 is 0 Å². The average molecular weight is 358 g/mol. The summed E-state index contributed by atoms with van der Waals surface area (Å²) in [5, 5.41) is 6.83. The lowest BCUT2D eigenvalue weighted by atomic mass is 10.00. The zero-order valence-electron chi connectivity index (χ0n) is 15.5. The number of aromatic nitrogens is 3. The molecule has 3 rings (SSSR count). The van der Waals surface area contributed by atoms with E-state index in [0.29, 0.717) is 19.6 Å². The fourth-order valence-corrected chi connectivity index (χ4v) is 3.22. The predicted molar refractivity (Wildman–Crippen MR) is 97.0 cm³/mol. The number of hydrogen-bond acceptors (Lipinski definition) is 5. The van der Waals surface area contributed by atoms with Crippen LogP contribution in [0, 0.1) is 0 Å². The monoisotopic (exact) mass is 358 g/mol. The molecule has 1 aliphatic heterocycles. The Kier molecular flexibility index (Phi) is 5.88. The van der Waals surface area contributed by atoms with E-state index >= 15 is 0 Å². The van der Waals surface area contributed by atoms with Crippen molar-refractivity contribution in [2.24, 2.45) is 0 Å². The molecule has 7 nitrogen and oxygen atoms in total. The highest BCUT2D eigenvalue weighted by atomic mass is 16.5. The molecule has 2 aromatic rings. The van der Waals surface area contributed by atoms with Gasteiger partial charge in [-0.2, -0.15) is 5.10 Å². The van der Waals surface area contributed by atoms with E-state index in [1.807, 2.05) is 45.2 Å². The minimum absolute atomic E-state index is 0.0385. The molecule has 140 valence electrons. The summed E-state index contributed by atoms with van der Waals surface area (Å²) >= 11 is 0. The van der Waals surface area contributed by atoms with Crippen molar-refractivity contribution >= 4 is 5.91 Å². The number of para-hydroxylation sites is 1. The average Bonchev–Trinajstić information content (AvgIpc) is 3.27. The van der Waals surface area contributed by atoms with Crippen molar-refractivity contribution in [1.82, 2.24) is 20.1 Å². The molecule has 1 aliphatic rings. The molecule has 0 spiro atoms. The molecule has 0 radical (unpaired) electrons. The minimum atomic E-state index is -0.0703. The summed E-state index contributed by atoms with van der Waals surface area (Å²) in [5.41, 5.74) is 0.900. The quantitative estimate of drug-likeness (QED) is 0.820. The number of likely N-dealkylation sites (N-methyl/N-ethyl adjacent to an activating group) is 1. The third-order valence-corrected chi connectivity index (χ3v) is 4.55. The smallest absolute Gasteiger partial charge is 0.226 e. The van der Waals surface area contributed by atoms with Crippen molar-refractivity contribution in [3.05, 3.63) is 42.0 Å². The van der Waals surface area contributed by atoms with E-state index in [0.717, 1.165) is 23.6 Å². The van der Waals surface area contributed by atoms with E-state index in [-0.39, 0.29) is 24.0 Å². The largest absolute Gasteiger partial charge is 0.491 e. The second-order valence-electron chi connectivity index (χ2n) is 6.90. The molecule has 1 fully saturated rings. The summed E-state index contributed by atoms with van der Waals surface area (Å²) in [6.07, 6.45) is 2.69. The Hall–Kier alpha value is -2.41. The normalized spacial score (nSPS) is 19.7. The standard InChI is InChI=1S/C19H26N4O3/c1-13(2)26-16-7-5-4-6-14(16)10-18(24)23(3)11-17-15(8-9-25-17)19-20-12-21-22-19/h4-7,12-13,15,17H,8-11H2,1-3H3,(H,20,21,22)/t15-,17-/m1/s1. The highest BCUT2D eigenvalue weighted by Gasteiger charge is 2.33. The first-order valence-corrected chi connectivity index (χ1v) is 9.00. The van der Waals surface area contributed by atoms with Crippen LogP contribution in [0.3, 0.4) is 0 Å². The predicted octanol–water partition coefficient (Wildman–Crippen LogP) is 2.17. The van der Waals surface area contributed by atoms with Crippen LogP contribution in [0.25, 0.3) is 0 Å². The van der Waals surface area contributed by atoms with Gasteiger partial charge in [0, 0.05) is 31.7 Å². The first kappa shape index (κ1) is 18.4. The third kappa shape index (κ3) is 4.40. The highest BCUT2D eigenvalue weighted by Crippen LogP contribution is 2.29. The molecule has 1 amide bonds. The lowest BCUT2D eigenvalue weighted by molar-refractivity contribution is -0.130. The van der Waals surface area contributed by atoms with Gasteiger partial charge in [0.25, 0.3) is 0 Å². The topological polar surface area (TPSA) is 80.3 Å². The van der Waals surface area contributed by atoms with Gasteiger partial charge in [0.05, 0.1) is 18.6 Å². The molecule has 7 heteroatoms. The summed E-state index contributed by atoms with van der Waals surface area (Å²) in [4.78, 5) is 18.7. The molecule has 0 aliphatic carbocycles. The maximum absolute atomic E-state index is 12.7. The number of amides is 1. The van der Waals surface area contributed by atoms with Gasteiger partial charge in [-0.25, -0.2) is 4.98 Å². The van der Waals surface area contributed by atoms with E-state index in [1.54, 1.807) is 4.90 Å². The highest BCUT2D eigenvalue weighted by molar-refractivity contribution is 5.79. The number of hydrogen-bond donors (Lipinski definition) is 1. The van der Waals surface area contributed by atoms with Gasteiger partial charge in [-0.15, -0.1) is 0 Å². The molecular weight excluding hydrogens is 332 g/mol. The Morgan fingerprint density at radius 3 is 2.96 bits per heavy atom. The molecular formula is C19H26N4O3. The van der Waals surface area contributed by atoms with Crippen molar-refractivity contribution in [3.63, 3.8) is 0 Å². The van der Waals surface area contributed by atoms with Crippen LogP contribution in [-0.2, 0) is 16.0 Å². The van der Waals surface area contributed by atoms with Crippen LogP contribution in [0.4, 0.5) is 0 Å². The molecule has 1 aromatic heterocycles. The summed E-state index contributed by atoms with van der Waals surface area (Å²) in [6.45, 7) is 5.15. The number of carbonyl (C=O) groups is 1. The molecule has 0 unspecified atom stereocenters. The number of rotatable bonds is 7. The maximum atomic E-state index is 12.7. The van der Waals surface area contributed by atoms with Gasteiger partial charge in [0.15, 0.2) is 0 Å². The van der Waals surface area contributed by atoms with Crippen LogP contribution < -0.4 is 4.74 Å². The zero-order valence-corrected chi connectivity index (χ0v) is 15.5. The van der Waals surface area contributed by atoms with Crippen molar-refractivity contribution in [2.75, 3.05) is 20.2 Å². The summed E-state index contributed by atoms with van der Waals surface area (Å²) < 4.78 is 11.6. The molecule has 1 saturated heterocycles. The maximum Gasteiger partial charge on any atom is 0.226 e. The van der Waals surface area contributed by atoms with Crippen LogP contribution in [0.1, 0.15) is 37.6 Å². The van der Waals surface area contributed by atoms with E-state index < -0.39 is 0 Å². The molecule has 2 atom stereocenters. The second-order valence-corrected chi connectivity index (χ2v) is 6.90. The van der Waals surface area contributed by atoms with Gasteiger partial charge < -0.3 is 14.4 Å². The Bertz CT molecular complexity index is 717. The number of carbonyl (C=O) groups excluding carboxylic acids is 1. The van der Waals surface area contributed by atoms with E-state index in [1.165, 1.54) is 6.33 Å². The number of benzene rings is 1. The van der Waals surface area contributed by atoms with Crippen LogP contribution in [0.2, 0.25) is 0 Å². The SMILES string of the molecule is CC(C)Oc1ccccc1CC(=O)N(C)C[C@H]1OCC[C@H]1c1ncn[nH]1. The van der Waals surface area contributed by atoms with Gasteiger partial charge in [0.1, 0.15) is 17.9 Å². The van der Waals surface area contributed by atoms with Gasteiger partial charge in [-0.3, -0.25) is 9.89 Å². The first-order valence-electron chi connectivity index (χ1n) is 9.00. The fraction of sp³-hybridized carbons (Fsp3) is 0.526. The third-order valence-electron chi connectivity index (χ3n) is 4.55. The van der Waals surface area contributed by atoms with Crippen molar-refractivity contribution in [2.45, 2.75) is 44.8 Å². The number of ether oxygens (including phenoxy) is 2. The Morgan fingerprint density at radius 1 is 1.42 bits per heavy atom. The van der Waals surface area contributed by atoms with E-state index in [2.05, 4.69) is 15.2 Å². The van der Waals surface area contributed by atoms with E-state index in [9.17, 15) is 4.79 Å². The van der Waals surface area contributed by atoms with E-state index in [4.69, 9.17) is 9.47 Å². The summed E-state index contributed by atoms with van der Waals surface area (Å²) in [7, 11) is 1.81. The Labute approximate surface area is 153 Å². The van der Waals surface area contributed by atoms with Crippen molar-refractivity contribution in [1.29, 1.82) is 0 Å². The van der Waals surface area contributed by atoms with Gasteiger partial charge >= 0.3 is 0 Å².